The van der Waals surface area contributed by atoms with E-state index in [1.54, 1.807) is 30.3 Å². The maximum absolute atomic E-state index is 13.8. The highest BCUT2D eigenvalue weighted by Crippen LogP contribution is 2.25. The number of hydrogen-bond donors (Lipinski definition) is 1. The summed E-state index contributed by atoms with van der Waals surface area (Å²) in [5.74, 6) is 0.172. The molecule has 0 bridgehead atoms. The second-order valence-corrected chi connectivity index (χ2v) is 9.57. The Kier molecular flexibility index (Phi) is 7.27. The van der Waals surface area contributed by atoms with Crippen molar-refractivity contribution in [2.45, 2.75) is 38.9 Å². The highest BCUT2D eigenvalue weighted by Gasteiger charge is 2.30. The van der Waals surface area contributed by atoms with Crippen LogP contribution in [-0.4, -0.2) is 56.2 Å². The first kappa shape index (κ1) is 22.5. The number of hydrogen-bond acceptors (Lipinski definition) is 5. The second-order valence-electron chi connectivity index (χ2n) is 7.49. The fourth-order valence-electron chi connectivity index (χ4n) is 3.45. The summed E-state index contributed by atoms with van der Waals surface area (Å²) in [6.07, 6.45) is 0.183. The summed E-state index contributed by atoms with van der Waals surface area (Å²) >= 11 is 0. The number of rotatable bonds is 8. The third-order valence-electron chi connectivity index (χ3n) is 4.86. The van der Waals surface area contributed by atoms with E-state index in [9.17, 15) is 17.6 Å². The number of nitrogens with one attached hydrogen (secondary N) is 1. The zero-order chi connectivity index (χ0) is 21.7. The SMILES string of the molecule is C[C@@H]1CN(S(=O)(=O)CCNC(=O)CCc2ccc(-c3ccccc3F)o2)C[C@@H](C)O1. The number of sulfonamides is 1. The number of halogens is 1. The lowest BCUT2D eigenvalue weighted by atomic mass is 10.1. The number of morpholine rings is 1. The van der Waals surface area contributed by atoms with Crippen molar-refractivity contribution >= 4 is 15.9 Å². The van der Waals surface area contributed by atoms with E-state index < -0.39 is 10.0 Å². The molecule has 2 atom stereocenters. The Morgan fingerprint density at radius 2 is 1.87 bits per heavy atom. The average molecular weight is 439 g/mol. The Hall–Kier alpha value is -2.23. The number of aryl methyl sites for hydroxylation is 1. The molecule has 9 heteroatoms. The molecule has 3 rings (SSSR count). The van der Waals surface area contributed by atoms with Crippen molar-refractivity contribution in [3.05, 3.63) is 48.0 Å². The van der Waals surface area contributed by atoms with E-state index in [1.165, 1.54) is 10.4 Å². The Labute approximate surface area is 176 Å². The average Bonchev–Trinajstić information content (AvgIpc) is 3.14. The minimum atomic E-state index is -3.46. The molecule has 1 N–H and O–H groups in total. The monoisotopic (exact) mass is 438 g/mol. The molecule has 30 heavy (non-hydrogen) atoms. The van der Waals surface area contributed by atoms with Crippen molar-refractivity contribution in [2.24, 2.45) is 0 Å². The number of ether oxygens (including phenoxy) is 1. The van der Waals surface area contributed by atoms with Crippen LogP contribution in [0.4, 0.5) is 4.39 Å². The molecule has 2 aromatic rings. The van der Waals surface area contributed by atoms with Gasteiger partial charge in [0.25, 0.3) is 0 Å². The van der Waals surface area contributed by atoms with Crippen molar-refractivity contribution in [1.29, 1.82) is 0 Å². The van der Waals surface area contributed by atoms with E-state index in [-0.39, 0.29) is 42.7 Å². The van der Waals surface area contributed by atoms with Crippen molar-refractivity contribution < 1.29 is 26.8 Å². The molecule has 0 spiro atoms. The minimum absolute atomic E-state index is 0.0416. The molecule has 0 radical (unpaired) electrons. The summed E-state index contributed by atoms with van der Waals surface area (Å²) in [5, 5.41) is 2.64. The quantitative estimate of drug-likeness (QED) is 0.684. The maximum atomic E-state index is 13.8. The molecule has 7 nitrogen and oxygen atoms in total. The van der Waals surface area contributed by atoms with Crippen molar-refractivity contribution in [3.8, 4) is 11.3 Å². The number of carbonyl (C=O) groups excluding carboxylic acids is 1. The highest BCUT2D eigenvalue weighted by molar-refractivity contribution is 7.89. The van der Waals surface area contributed by atoms with E-state index in [0.717, 1.165) is 0 Å². The Balaban J connectivity index is 1.44. The molecular formula is C21H27FN2O5S. The summed E-state index contributed by atoms with van der Waals surface area (Å²) in [6, 6.07) is 9.69. The fraction of sp³-hybridized carbons (Fsp3) is 0.476. The van der Waals surface area contributed by atoms with Gasteiger partial charge in [-0.3, -0.25) is 4.79 Å². The zero-order valence-electron chi connectivity index (χ0n) is 17.1. The van der Waals surface area contributed by atoms with Gasteiger partial charge in [0.05, 0.1) is 23.5 Å². The van der Waals surface area contributed by atoms with Gasteiger partial charge in [-0.15, -0.1) is 0 Å². The molecular weight excluding hydrogens is 411 g/mol. The van der Waals surface area contributed by atoms with Gasteiger partial charge < -0.3 is 14.5 Å². The van der Waals surface area contributed by atoms with Gasteiger partial charge in [-0.25, -0.2) is 12.8 Å². The van der Waals surface area contributed by atoms with E-state index in [2.05, 4.69) is 5.32 Å². The number of amides is 1. The van der Waals surface area contributed by atoms with E-state index >= 15 is 0 Å². The molecule has 1 aliphatic rings. The molecule has 0 unspecified atom stereocenters. The van der Waals surface area contributed by atoms with Crippen LogP contribution in [0.15, 0.2) is 40.8 Å². The van der Waals surface area contributed by atoms with E-state index in [4.69, 9.17) is 9.15 Å². The van der Waals surface area contributed by atoms with Gasteiger partial charge >= 0.3 is 0 Å². The lowest BCUT2D eigenvalue weighted by molar-refractivity contribution is -0.121. The predicted molar refractivity (Wildman–Crippen MR) is 111 cm³/mol. The largest absolute Gasteiger partial charge is 0.461 e. The molecule has 1 saturated heterocycles. The first-order valence-corrected chi connectivity index (χ1v) is 11.6. The summed E-state index contributed by atoms with van der Waals surface area (Å²) in [4.78, 5) is 12.1. The first-order chi connectivity index (χ1) is 14.2. The highest BCUT2D eigenvalue weighted by atomic mass is 32.2. The molecule has 1 fully saturated rings. The molecule has 1 aromatic heterocycles. The standard InChI is InChI=1S/C21H27FN2O5S/c1-15-13-24(14-16(2)28-15)30(26,27)12-11-23-21(25)10-8-17-7-9-20(29-17)18-5-3-4-6-19(18)22/h3-7,9,15-16H,8,10-14H2,1-2H3,(H,23,25)/t15-,16-/m1/s1. The predicted octanol–water partition coefficient (Wildman–Crippen LogP) is 2.57. The summed E-state index contributed by atoms with van der Waals surface area (Å²) in [6.45, 7) is 4.37. The third-order valence-corrected chi connectivity index (χ3v) is 6.67. The van der Waals surface area contributed by atoms with Crippen LogP contribution < -0.4 is 5.32 Å². The van der Waals surface area contributed by atoms with E-state index in [0.29, 0.717) is 36.6 Å². The normalized spacial score (nSPS) is 20.2. The molecule has 0 saturated carbocycles. The summed E-state index contributed by atoms with van der Waals surface area (Å²) in [5.41, 5.74) is 0.366. The fourth-order valence-corrected chi connectivity index (χ4v) is 4.94. The number of benzene rings is 1. The van der Waals surface area contributed by atoms with Crippen LogP contribution in [0.1, 0.15) is 26.0 Å². The minimum Gasteiger partial charge on any atom is -0.461 e. The van der Waals surface area contributed by atoms with Crippen LogP contribution >= 0.6 is 0 Å². The van der Waals surface area contributed by atoms with Gasteiger partial charge in [-0.2, -0.15) is 4.31 Å². The first-order valence-electron chi connectivity index (χ1n) is 9.98. The third kappa shape index (κ3) is 5.90. The van der Waals surface area contributed by atoms with Gasteiger partial charge in [0.2, 0.25) is 15.9 Å². The van der Waals surface area contributed by atoms with E-state index in [1.807, 2.05) is 13.8 Å². The summed E-state index contributed by atoms with van der Waals surface area (Å²) in [7, 11) is -3.46. The van der Waals surface area contributed by atoms with Crippen LogP contribution in [-0.2, 0) is 26.0 Å². The lowest BCUT2D eigenvalue weighted by Gasteiger charge is -2.34. The Morgan fingerprint density at radius 1 is 1.17 bits per heavy atom. The molecule has 164 valence electrons. The van der Waals surface area contributed by atoms with Crippen molar-refractivity contribution in [1.82, 2.24) is 9.62 Å². The van der Waals surface area contributed by atoms with Gasteiger partial charge in [-0.1, -0.05) is 12.1 Å². The summed E-state index contributed by atoms with van der Waals surface area (Å²) < 4.78 is 51.4. The van der Waals surface area contributed by atoms with Crippen LogP contribution in [0.2, 0.25) is 0 Å². The van der Waals surface area contributed by atoms with Gasteiger partial charge in [0, 0.05) is 32.5 Å². The molecule has 2 heterocycles. The zero-order valence-corrected chi connectivity index (χ0v) is 18.0. The molecule has 0 aliphatic carbocycles. The van der Waals surface area contributed by atoms with Gasteiger partial charge in [0.15, 0.2) is 0 Å². The van der Waals surface area contributed by atoms with Gasteiger partial charge in [0.1, 0.15) is 17.3 Å². The maximum Gasteiger partial charge on any atom is 0.220 e. The van der Waals surface area contributed by atoms with Crippen LogP contribution in [0, 0.1) is 5.82 Å². The molecule has 1 amide bonds. The topological polar surface area (TPSA) is 88.9 Å². The Bertz CT molecular complexity index is 965. The number of carbonyl (C=O) groups is 1. The lowest BCUT2D eigenvalue weighted by Crippen LogP contribution is -2.49. The second kappa shape index (κ2) is 9.72. The van der Waals surface area contributed by atoms with Crippen LogP contribution in [0.25, 0.3) is 11.3 Å². The smallest absolute Gasteiger partial charge is 0.220 e. The molecule has 1 aromatic carbocycles. The number of nitrogens with zero attached hydrogens (tertiary/aromatic N) is 1. The Morgan fingerprint density at radius 3 is 2.57 bits per heavy atom. The van der Waals surface area contributed by atoms with Crippen molar-refractivity contribution in [3.63, 3.8) is 0 Å². The van der Waals surface area contributed by atoms with Crippen LogP contribution in [0.5, 0.6) is 0 Å². The van der Waals surface area contributed by atoms with Gasteiger partial charge in [-0.05, 0) is 38.1 Å². The van der Waals surface area contributed by atoms with Crippen LogP contribution in [0.3, 0.4) is 0 Å². The molecule has 1 aliphatic heterocycles. The van der Waals surface area contributed by atoms with Crippen molar-refractivity contribution in [2.75, 3.05) is 25.4 Å². The number of furan rings is 1.